The summed E-state index contributed by atoms with van der Waals surface area (Å²) in [5.41, 5.74) is 0.674. The number of benzene rings is 1. The Kier molecular flexibility index (Phi) is 5.96. The molecule has 110 valence electrons. The largest absolute Gasteiger partial charge is 0.481 e. The van der Waals surface area contributed by atoms with Crippen molar-refractivity contribution >= 4 is 12.0 Å². The van der Waals surface area contributed by atoms with Gasteiger partial charge in [0.05, 0.1) is 5.92 Å². The number of rotatable bonds is 6. The Morgan fingerprint density at radius 1 is 1.45 bits per heavy atom. The van der Waals surface area contributed by atoms with E-state index in [1.807, 2.05) is 0 Å². The van der Waals surface area contributed by atoms with E-state index in [-0.39, 0.29) is 24.9 Å². The predicted octanol–water partition coefficient (Wildman–Crippen LogP) is 2.08. The minimum absolute atomic E-state index is 0.0815. The van der Waals surface area contributed by atoms with Gasteiger partial charge in [-0.1, -0.05) is 19.1 Å². The number of carboxylic acids is 1. The van der Waals surface area contributed by atoms with Crippen molar-refractivity contribution in [2.45, 2.75) is 19.9 Å². The second-order valence-electron chi connectivity index (χ2n) is 4.62. The van der Waals surface area contributed by atoms with Gasteiger partial charge in [-0.05, 0) is 24.1 Å². The molecule has 0 bridgehead atoms. The zero-order valence-corrected chi connectivity index (χ0v) is 11.6. The molecule has 0 saturated carbocycles. The Morgan fingerprint density at radius 2 is 2.15 bits per heavy atom. The number of aliphatic carboxylic acids is 1. The average Bonchev–Trinajstić information content (AvgIpc) is 2.38. The van der Waals surface area contributed by atoms with Gasteiger partial charge in [0.1, 0.15) is 5.82 Å². The molecule has 0 saturated heterocycles. The molecule has 2 amide bonds. The van der Waals surface area contributed by atoms with Gasteiger partial charge in [0.25, 0.3) is 0 Å². The number of carbonyl (C=O) groups excluding carboxylic acids is 1. The number of halogens is 1. The Labute approximate surface area is 117 Å². The molecule has 0 fully saturated rings. The zero-order valence-electron chi connectivity index (χ0n) is 11.6. The minimum Gasteiger partial charge on any atom is -0.481 e. The maximum Gasteiger partial charge on any atom is 0.317 e. The van der Waals surface area contributed by atoms with E-state index in [0.29, 0.717) is 12.0 Å². The fraction of sp³-hybridized carbons (Fsp3) is 0.429. The Balaban J connectivity index is 2.49. The highest BCUT2D eigenvalue weighted by Crippen LogP contribution is 2.07. The van der Waals surface area contributed by atoms with Gasteiger partial charge in [0.15, 0.2) is 0 Å². The molecular weight excluding hydrogens is 263 g/mol. The molecule has 1 aromatic rings. The third kappa shape index (κ3) is 4.87. The number of hydrogen-bond donors (Lipinski definition) is 2. The molecule has 0 aliphatic heterocycles. The average molecular weight is 282 g/mol. The molecule has 6 heteroatoms. The van der Waals surface area contributed by atoms with Crippen molar-refractivity contribution < 1.29 is 19.1 Å². The summed E-state index contributed by atoms with van der Waals surface area (Å²) in [7, 11) is 1.57. The van der Waals surface area contributed by atoms with Crippen LogP contribution in [0.15, 0.2) is 24.3 Å². The van der Waals surface area contributed by atoms with Crippen LogP contribution in [-0.2, 0) is 11.3 Å². The fourth-order valence-electron chi connectivity index (χ4n) is 1.73. The number of carbonyl (C=O) groups is 2. The van der Waals surface area contributed by atoms with Crippen LogP contribution in [0, 0.1) is 11.7 Å². The lowest BCUT2D eigenvalue weighted by molar-refractivity contribution is -0.141. The number of nitrogens with zero attached hydrogens (tertiary/aromatic N) is 1. The maximum atomic E-state index is 13.0. The van der Waals surface area contributed by atoms with E-state index in [9.17, 15) is 14.0 Å². The van der Waals surface area contributed by atoms with Crippen molar-refractivity contribution in [3.63, 3.8) is 0 Å². The van der Waals surface area contributed by atoms with Crippen molar-refractivity contribution in [2.24, 2.45) is 5.92 Å². The molecular formula is C14H19FN2O3. The summed E-state index contributed by atoms with van der Waals surface area (Å²) in [5, 5.41) is 11.4. The summed E-state index contributed by atoms with van der Waals surface area (Å²) in [4.78, 5) is 24.0. The Hall–Kier alpha value is -2.11. The van der Waals surface area contributed by atoms with Crippen LogP contribution in [0.25, 0.3) is 0 Å². The molecule has 1 unspecified atom stereocenters. The van der Waals surface area contributed by atoms with Crippen LogP contribution in [0.5, 0.6) is 0 Å². The molecule has 0 aromatic heterocycles. The zero-order chi connectivity index (χ0) is 15.1. The van der Waals surface area contributed by atoms with Gasteiger partial charge in [0.2, 0.25) is 0 Å². The van der Waals surface area contributed by atoms with Crippen LogP contribution in [0.1, 0.15) is 18.9 Å². The first kappa shape index (κ1) is 15.9. The summed E-state index contributed by atoms with van der Waals surface area (Å²) in [6.45, 7) is 2.09. The second-order valence-corrected chi connectivity index (χ2v) is 4.62. The van der Waals surface area contributed by atoms with E-state index in [1.165, 1.54) is 17.0 Å². The lowest BCUT2D eigenvalue weighted by Crippen LogP contribution is -2.40. The van der Waals surface area contributed by atoms with Crippen molar-refractivity contribution in [1.82, 2.24) is 10.2 Å². The number of carboxylic acid groups (broad SMARTS) is 1. The van der Waals surface area contributed by atoms with Crippen molar-refractivity contribution in [2.75, 3.05) is 13.6 Å². The van der Waals surface area contributed by atoms with Crippen molar-refractivity contribution in [1.29, 1.82) is 0 Å². The highest BCUT2D eigenvalue weighted by Gasteiger charge is 2.17. The maximum absolute atomic E-state index is 13.0. The summed E-state index contributed by atoms with van der Waals surface area (Å²) >= 11 is 0. The van der Waals surface area contributed by atoms with E-state index in [0.717, 1.165) is 0 Å². The molecule has 0 spiro atoms. The van der Waals surface area contributed by atoms with Gasteiger partial charge in [-0.25, -0.2) is 9.18 Å². The quantitative estimate of drug-likeness (QED) is 0.839. The molecule has 2 N–H and O–H groups in total. The van der Waals surface area contributed by atoms with Crippen LogP contribution in [0.3, 0.4) is 0 Å². The first-order valence-electron chi connectivity index (χ1n) is 6.40. The van der Waals surface area contributed by atoms with Crippen molar-refractivity contribution in [3.05, 3.63) is 35.6 Å². The molecule has 20 heavy (non-hydrogen) atoms. The molecule has 0 heterocycles. The number of nitrogens with one attached hydrogen (secondary N) is 1. The Morgan fingerprint density at radius 3 is 2.70 bits per heavy atom. The lowest BCUT2D eigenvalue weighted by Gasteiger charge is -2.19. The van der Waals surface area contributed by atoms with Crippen LogP contribution in [0.4, 0.5) is 9.18 Å². The second kappa shape index (κ2) is 7.47. The lowest BCUT2D eigenvalue weighted by atomic mass is 10.1. The molecule has 1 aromatic carbocycles. The van der Waals surface area contributed by atoms with Gasteiger partial charge < -0.3 is 15.3 Å². The standard InChI is InChI=1S/C14H19FN2O3/c1-3-11(13(18)19)8-16-14(20)17(2)9-10-5-4-6-12(15)7-10/h4-7,11H,3,8-9H2,1-2H3,(H,16,20)(H,18,19). The van der Waals surface area contributed by atoms with E-state index in [1.54, 1.807) is 26.1 Å². The van der Waals surface area contributed by atoms with Crippen LogP contribution in [0.2, 0.25) is 0 Å². The first-order chi connectivity index (χ1) is 9.43. The van der Waals surface area contributed by atoms with E-state index in [2.05, 4.69) is 5.32 Å². The Bertz CT molecular complexity index is 479. The summed E-state index contributed by atoms with van der Waals surface area (Å²) in [5.74, 6) is -1.88. The smallest absolute Gasteiger partial charge is 0.317 e. The normalized spacial score (nSPS) is 11.8. The summed E-state index contributed by atoms with van der Waals surface area (Å²) in [6.07, 6.45) is 0.448. The molecule has 1 rings (SSSR count). The molecule has 0 aliphatic carbocycles. The van der Waals surface area contributed by atoms with Gasteiger partial charge >= 0.3 is 12.0 Å². The highest BCUT2D eigenvalue weighted by atomic mass is 19.1. The van der Waals surface area contributed by atoms with Crippen molar-refractivity contribution in [3.8, 4) is 0 Å². The highest BCUT2D eigenvalue weighted by molar-refractivity contribution is 5.75. The molecule has 0 aliphatic rings. The van der Waals surface area contributed by atoms with Gasteiger partial charge in [-0.2, -0.15) is 0 Å². The first-order valence-corrected chi connectivity index (χ1v) is 6.40. The monoisotopic (exact) mass is 282 g/mol. The van der Waals surface area contributed by atoms with Crippen LogP contribution in [-0.4, -0.2) is 35.6 Å². The number of urea groups is 1. The van der Waals surface area contributed by atoms with Gasteiger partial charge in [0, 0.05) is 20.1 Å². The number of amides is 2. The van der Waals surface area contributed by atoms with Gasteiger partial charge in [-0.15, -0.1) is 0 Å². The topological polar surface area (TPSA) is 69.6 Å². The molecule has 1 atom stereocenters. The fourth-order valence-corrected chi connectivity index (χ4v) is 1.73. The van der Waals surface area contributed by atoms with E-state index < -0.39 is 11.9 Å². The third-order valence-corrected chi connectivity index (χ3v) is 3.00. The van der Waals surface area contributed by atoms with Gasteiger partial charge in [-0.3, -0.25) is 4.79 Å². The SMILES string of the molecule is CCC(CNC(=O)N(C)Cc1cccc(F)c1)C(=O)O. The van der Waals surface area contributed by atoms with E-state index >= 15 is 0 Å². The predicted molar refractivity (Wildman–Crippen MR) is 72.7 cm³/mol. The van der Waals surface area contributed by atoms with Crippen LogP contribution >= 0.6 is 0 Å². The van der Waals surface area contributed by atoms with E-state index in [4.69, 9.17) is 5.11 Å². The third-order valence-electron chi connectivity index (χ3n) is 3.00. The summed E-state index contributed by atoms with van der Waals surface area (Å²) in [6, 6.07) is 5.61. The van der Waals surface area contributed by atoms with Crippen LogP contribution < -0.4 is 5.32 Å². The number of hydrogen-bond acceptors (Lipinski definition) is 2. The minimum atomic E-state index is -0.930. The molecule has 5 nitrogen and oxygen atoms in total. The summed E-state index contributed by atoms with van der Waals surface area (Å²) < 4.78 is 13.0. The molecule has 0 radical (unpaired) electrons.